The number of ether oxygens (including phenoxy) is 2. The van der Waals surface area contributed by atoms with Gasteiger partial charge in [-0.25, -0.2) is 18.5 Å². The van der Waals surface area contributed by atoms with E-state index in [0.717, 1.165) is 10.7 Å². The number of nitriles is 1. The lowest BCUT2D eigenvalue weighted by atomic mass is 9.87. The smallest absolute Gasteiger partial charge is 0.475 e. The normalized spacial score (nSPS) is 32.0. The Bertz CT molecular complexity index is 1500. The molecule has 20 heteroatoms. The van der Waals surface area contributed by atoms with E-state index in [2.05, 4.69) is 36.3 Å². The van der Waals surface area contributed by atoms with Crippen molar-refractivity contribution in [3.63, 3.8) is 0 Å². The number of nitrogen functional groups attached to an aromatic ring is 1. The number of nitrogens with zero attached hydrogens (tertiary/aromatic N) is 5. The molecule has 0 aromatic carbocycles. The Morgan fingerprint density at radius 3 is 2.79 bits per heavy atom. The number of hydrogen-bond donors (Lipinski definition) is 4. The van der Waals surface area contributed by atoms with Gasteiger partial charge in [-0.15, -0.1) is 5.10 Å². The fraction of sp³-hybridized carbons (Fsp3) is 0.652. The van der Waals surface area contributed by atoms with Gasteiger partial charge in [0.05, 0.1) is 31.9 Å². The highest BCUT2D eigenvalue weighted by atomic mass is 79.9. The van der Waals surface area contributed by atoms with Crippen LogP contribution in [0, 0.1) is 16.7 Å². The Morgan fingerprint density at radius 1 is 1.44 bits per heavy atom. The van der Waals surface area contributed by atoms with E-state index in [0.29, 0.717) is 0 Å². The molecule has 17 nitrogen and oxygen atoms in total. The van der Waals surface area contributed by atoms with Gasteiger partial charge in [0, 0.05) is 12.0 Å². The molecule has 5 N–H and O–H groups in total. The van der Waals surface area contributed by atoms with E-state index in [9.17, 15) is 29.6 Å². The number of aromatic nitrogens is 4. The van der Waals surface area contributed by atoms with Crippen molar-refractivity contribution in [2.45, 2.75) is 68.7 Å². The van der Waals surface area contributed by atoms with Crippen LogP contribution in [-0.4, -0.2) is 90.4 Å². The van der Waals surface area contributed by atoms with E-state index in [1.807, 2.05) is 0 Å². The first-order chi connectivity index (χ1) is 20.0. The van der Waals surface area contributed by atoms with Gasteiger partial charge in [0.1, 0.15) is 24.0 Å². The van der Waals surface area contributed by atoms with Crippen molar-refractivity contribution in [1.29, 1.82) is 5.26 Å². The molecule has 2 aromatic heterocycles. The average molecular weight is 694 g/mol. The summed E-state index contributed by atoms with van der Waals surface area (Å²) < 4.78 is 54.1. The van der Waals surface area contributed by atoms with E-state index in [4.69, 9.17) is 28.8 Å². The second-order valence-electron chi connectivity index (χ2n) is 10.8. The quantitative estimate of drug-likeness (QED) is 0.162. The van der Waals surface area contributed by atoms with Gasteiger partial charge in [-0.05, 0) is 29.8 Å². The lowest BCUT2D eigenvalue weighted by Gasteiger charge is -2.39. The number of aliphatic hydroxyl groups is 1. The number of nitrogens with one attached hydrogen (secondary N) is 1. The number of carbonyl (C=O) groups excluding carboxylic acids is 2. The zero-order valence-electron chi connectivity index (χ0n) is 23.4. The maximum absolute atomic E-state index is 16.1. The maximum atomic E-state index is 16.1. The number of hydrogen-bond acceptors (Lipinski definition) is 15. The van der Waals surface area contributed by atoms with Crippen LogP contribution in [0.25, 0.3) is 5.65 Å². The van der Waals surface area contributed by atoms with Crippen LogP contribution >= 0.6 is 23.8 Å². The molecule has 6 atom stereocenters. The van der Waals surface area contributed by atoms with E-state index in [1.165, 1.54) is 0 Å². The number of anilines is 1. The minimum Gasteiger partial charge on any atom is -0.491 e. The van der Waals surface area contributed by atoms with E-state index < -0.39 is 72.0 Å². The summed E-state index contributed by atoms with van der Waals surface area (Å²) in [5, 5.41) is 37.3. The van der Waals surface area contributed by atoms with Crippen LogP contribution in [0.5, 0.6) is 5.88 Å². The fourth-order valence-electron chi connectivity index (χ4n) is 4.41. The Balaban J connectivity index is 1.49. The summed E-state index contributed by atoms with van der Waals surface area (Å²) in [5.41, 5.74) is 1.30. The molecule has 0 spiro atoms. The molecule has 2 unspecified atom stereocenters. The van der Waals surface area contributed by atoms with Gasteiger partial charge in [-0.2, -0.15) is 10.2 Å². The summed E-state index contributed by atoms with van der Waals surface area (Å²) in [4.78, 5) is 32.1. The predicted octanol–water partition coefficient (Wildman–Crippen LogP) is 0.976. The molecule has 2 saturated heterocycles. The van der Waals surface area contributed by atoms with Crippen LogP contribution in [-0.2, 0) is 42.8 Å². The number of phosphoric acid groups is 1. The Hall–Kier alpha value is -2.98. The van der Waals surface area contributed by atoms with Gasteiger partial charge in [0.25, 0.3) is 5.88 Å². The third-order valence-electron chi connectivity index (χ3n) is 6.57. The number of rotatable bonds is 9. The SMILES string of the molecule is CC(C)OC(=O)CCNC(=O)[C@@H]1OP(=O)(OC[C@H]2O[C@@](C#N)(c3cnc4c(O)nc(N)nn34)[C@@](F)(Br)C2O)OCC1(C)C. The number of phosphoric ester groups is 1. The fourth-order valence-corrected chi connectivity index (χ4v) is 6.75. The third-order valence-corrected chi connectivity index (χ3v) is 8.98. The minimum absolute atomic E-state index is 0.0772. The van der Waals surface area contributed by atoms with Crippen molar-refractivity contribution in [1.82, 2.24) is 24.9 Å². The van der Waals surface area contributed by atoms with Gasteiger partial charge in [-0.1, -0.05) is 13.8 Å². The highest BCUT2D eigenvalue weighted by Crippen LogP contribution is 2.59. The second-order valence-corrected chi connectivity index (χ2v) is 13.5. The van der Waals surface area contributed by atoms with Crippen LogP contribution in [0.1, 0.15) is 39.8 Å². The summed E-state index contributed by atoms with van der Waals surface area (Å²) in [6.45, 7) is 5.44. The highest BCUT2D eigenvalue weighted by Gasteiger charge is 2.69. The standard InChI is InChI=1S/C23H30BrFN7O10P/c1-11(2)40-14(33)5-6-28-18(35)16-21(3,4)10-39-43(37,42-16)38-8-12-15(34)23(24,25)22(9-26,41-12)13-7-29-17-19(36)30-20(27)31-32(13)17/h7,11-12,15-16,34H,5-6,8,10H2,1-4H3,(H,28,35)(H3,27,30,31,36)/t12-,15?,16+,22+,23-,43?/m1/s1. The number of aromatic hydroxyl groups is 1. The Kier molecular flexibility index (Phi) is 9.07. The number of imidazole rings is 1. The molecule has 0 saturated carbocycles. The zero-order chi connectivity index (χ0) is 32.0. The van der Waals surface area contributed by atoms with Crippen LogP contribution < -0.4 is 11.1 Å². The first-order valence-electron chi connectivity index (χ1n) is 12.9. The predicted molar refractivity (Wildman–Crippen MR) is 145 cm³/mol. The number of nitrogens with two attached hydrogens (primary N) is 1. The molecular formula is C23H30BrFN7O10P. The first kappa shape index (κ1) is 32.9. The van der Waals surface area contributed by atoms with Gasteiger partial charge in [-0.3, -0.25) is 23.2 Å². The summed E-state index contributed by atoms with van der Waals surface area (Å²) in [6.07, 6.45) is -4.58. The van der Waals surface area contributed by atoms with E-state index in [-0.39, 0.29) is 37.0 Å². The van der Waals surface area contributed by atoms with Crippen molar-refractivity contribution in [2.75, 3.05) is 25.5 Å². The number of halogens is 2. The molecule has 2 aliphatic heterocycles. The lowest BCUT2D eigenvalue weighted by molar-refractivity contribution is -0.147. The minimum atomic E-state index is -4.51. The number of aliphatic hydroxyl groups excluding tert-OH is 1. The Morgan fingerprint density at radius 2 is 2.14 bits per heavy atom. The van der Waals surface area contributed by atoms with Gasteiger partial charge < -0.3 is 30.7 Å². The third kappa shape index (κ3) is 6.18. The van der Waals surface area contributed by atoms with Crippen molar-refractivity contribution in [2.24, 2.45) is 5.41 Å². The number of fused-ring (bicyclic) bond motifs is 1. The van der Waals surface area contributed by atoms with Gasteiger partial charge in [0.2, 0.25) is 27.7 Å². The summed E-state index contributed by atoms with van der Waals surface area (Å²) >= 11 is 2.73. The number of alkyl halides is 2. The van der Waals surface area contributed by atoms with Crippen molar-refractivity contribution in [3.8, 4) is 11.9 Å². The van der Waals surface area contributed by atoms with Crippen molar-refractivity contribution in [3.05, 3.63) is 11.9 Å². The molecule has 43 heavy (non-hydrogen) atoms. The zero-order valence-corrected chi connectivity index (χ0v) is 25.9. The molecule has 0 bridgehead atoms. The highest BCUT2D eigenvalue weighted by molar-refractivity contribution is 9.10. The summed E-state index contributed by atoms with van der Waals surface area (Å²) in [5.74, 6) is -2.31. The summed E-state index contributed by atoms with van der Waals surface area (Å²) in [6, 6.07) is 1.66. The van der Waals surface area contributed by atoms with Gasteiger partial charge in [0.15, 0.2) is 6.10 Å². The lowest BCUT2D eigenvalue weighted by Crippen LogP contribution is -2.50. The molecule has 1 amide bonds. The van der Waals surface area contributed by atoms with Crippen LogP contribution in [0.3, 0.4) is 0 Å². The van der Waals surface area contributed by atoms with Crippen LogP contribution in [0.15, 0.2) is 6.20 Å². The number of amides is 1. The molecule has 236 valence electrons. The first-order valence-corrected chi connectivity index (χ1v) is 15.1. The molecule has 4 rings (SSSR count). The monoisotopic (exact) mass is 693 g/mol. The maximum Gasteiger partial charge on any atom is 0.475 e. The molecule has 2 aliphatic rings. The molecule has 4 heterocycles. The summed E-state index contributed by atoms with van der Waals surface area (Å²) in [7, 11) is -4.51. The molecule has 2 fully saturated rings. The van der Waals surface area contributed by atoms with Crippen LogP contribution in [0.2, 0.25) is 0 Å². The second kappa shape index (κ2) is 11.8. The molecule has 0 aliphatic carbocycles. The molecule has 2 aromatic rings. The topological polar surface area (TPSA) is 243 Å². The van der Waals surface area contributed by atoms with Crippen molar-refractivity contribution < 1.29 is 51.8 Å². The average Bonchev–Trinajstić information content (AvgIpc) is 3.41. The molecular weight excluding hydrogens is 664 g/mol. The van der Waals surface area contributed by atoms with E-state index in [1.54, 1.807) is 33.8 Å². The van der Waals surface area contributed by atoms with Gasteiger partial charge >= 0.3 is 13.8 Å². The molecule has 0 radical (unpaired) electrons. The van der Waals surface area contributed by atoms with E-state index >= 15 is 4.39 Å². The largest absolute Gasteiger partial charge is 0.491 e. The number of esters is 1. The van der Waals surface area contributed by atoms with Crippen LogP contribution in [0.4, 0.5) is 10.3 Å². The number of carbonyl (C=O) groups is 2. The van der Waals surface area contributed by atoms with Crippen molar-refractivity contribution >= 4 is 47.2 Å². The Labute approximate surface area is 252 Å².